The highest BCUT2D eigenvalue weighted by Gasteiger charge is 2.48. The molecule has 0 bridgehead atoms. The first-order valence-electron chi connectivity index (χ1n) is 7.37. The standard InChI is InChI=1S/C16H18F2N2O4S2/c1-9-3-5-13(11(19)7-9)25(21,22)16(15(17)18)26(23,24)14-6-4-10(2)8-12(14)20/h3-8,15-16H,19-20H2,1-2H3. The third kappa shape index (κ3) is 3.51. The molecule has 4 N–H and O–H groups in total. The molecule has 0 amide bonds. The number of hydrogen-bond donors (Lipinski definition) is 2. The van der Waals surface area contributed by atoms with Gasteiger partial charge in [0.2, 0.25) is 24.3 Å². The van der Waals surface area contributed by atoms with Gasteiger partial charge < -0.3 is 11.5 Å². The lowest BCUT2D eigenvalue weighted by atomic mass is 10.2. The van der Waals surface area contributed by atoms with Crippen molar-refractivity contribution in [2.45, 2.75) is 34.6 Å². The third-order valence-corrected chi connectivity index (χ3v) is 8.89. The maximum absolute atomic E-state index is 13.6. The minimum Gasteiger partial charge on any atom is -0.398 e. The Kier molecular flexibility index (Phi) is 5.29. The van der Waals surface area contributed by atoms with Gasteiger partial charge in [0.1, 0.15) is 0 Å². The number of hydrogen-bond acceptors (Lipinski definition) is 6. The van der Waals surface area contributed by atoms with E-state index in [1.807, 2.05) is 0 Å². The van der Waals surface area contributed by atoms with Crippen LogP contribution in [0.1, 0.15) is 11.1 Å². The summed E-state index contributed by atoms with van der Waals surface area (Å²) in [6.45, 7) is 3.25. The number of anilines is 2. The zero-order valence-electron chi connectivity index (χ0n) is 14.0. The van der Waals surface area contributed by atoms with Crippen molar-refractivity contribution in [1.82, 2.24) is 0 Å². The predicted molar refractivity (Wildman–Crippen MR) is 95.3 cm³/mol. The number of halogens is 2. The summed E-state index contributed by atoms with van der Waals surface area (Å²) >= 11 is 0. The second kappa shape index (κ2) is 6.84. The van der Waals surface area contributed by atoms with Gasteiger partial charge in [-0.15, -0.1) is 0 Å². The van der Waals surface area contributed by atoms with Gasteiger partial charge >= 0.3 is 0 Å². The lowest BCUT2D eigenvalue weighted by Crippen LogP contribution is -2.37. The van der Waals surface area contributed by atoms with Gasteiger partial charge in [-0.2, -0.15) is 0 Å². The second-order valence-electron chi connectivity index (χ2n) is 5.88. The molecule has 142 valence electrons. The van der Waals surface area contributed by atoms with Crippen molar-refractivity contribution in [3.05, 3.63) is 47.5 Å². The lowest BCUT2D eigenvalue weighted by molar-refractivity contribution is 0.162. The summed E-state index contributed by atoms with van der Waals surface area (Å²) in [7, 11) is -10.00. The van der Waals surface area contributed by atoms with Gasteiger partial charge in [-0.05, 0) is 49.2 Å². The molecule has 10 heteroatoms. The maximum atomic E-state index is 13.6. The Labute approximate surface area is 150 Å². The molecule has 2 rings (SSSR count). The average molecular weight is 404 g/mol. The molecule has 0 spiro atoms. The topological polar surface area (TPSA) is 120 Å². The first-order valence-corrected chi connectivity index (χ1v) is 10.5. The highest BCUT2D eigenvalue weighted by Crippen LogP contribution is 2.34. The van der Waals surface area contributed by atoms with Gasteiger partial charge in [-0.1, -0.05) is 12.1 Å². The van der Waals surface area contributed by atoms with E-state index in [1.165, 1.54) is 24.3 Å². The zero-order valence-corrected chi connectivity index (χ0v) is 15.6. The normalized spacial score (nSPS) is 12.7. The van der Waals surface area contributed by atoms with Crippen molar-refractivity contribution in [3.63, 3.8) is 0 Å². The van der Waals surface area contributed by atoms with E-state index < -0.39 is 40.5 Å². The first kappa shape index (κ1) is 20.1. The molecule has 0 aliphatic rings. The summed E-state index contributed by atoms with van der Waals surface area (Å²) in [4.78, 5) is -1.33. The highest BCUT2D eigenvalue weighted by atomic mass is 32.3. The van der Waals surface area contributed by atoms with Crippen molar-refractivity contribution >= 4 is 31.0 Å². The number of sulfone groups is 2. The predicted octanol–water partition coefficient (Wildman–Crippen LogP) is 2.31. The minimum absolute atomic E-state index is 0.303. The summed E-state index contributed by atoms with van der Waals surface area (Å²) in [6.07, 6.45) is -3.70. The van der Waals surface area contributed by atoms with Gasteiger partial charge in [-0.25, -0.2) is 25.6 Å². The largest absolute Gasteiger partial charge is 0.398 e. The quantitative estimate of drug-likeness (QED) is 0.738. The fourth-order valence-corrected chi connectivity index (χ4v) is 6.83. The van der Waals surface area contributed by atoms with Crippen LogP contribution in [0.3, 0.4) is 0 Å². The van der Waals surface area contributed by atoms with Crippen LogP contribution in [0.5, 0.6) is 0 Å². The van der Waals surface area contributed by atoms with Crippen molar-refractivity contribution in [2.75, 3.05) is 11.5 Å². The smallest absolute Gasteiger partial charge is 0.270 e. The number of alkyl halides is 2. The van der Waals surface area contributed by atoms with E-state index in [2.05, 4.69) is 0 Å². The van der Waals surface area contributed by atoms with Gasteiger partial charge in [0.25, 0.3) is 6.43 Å². The Morgan fingerprint density at radius 1 is 0.769 bits per heavy atom. The molecule has 0 atom stereocenters. The molecule has 2 aromatic carbocycles. The summed E-state index contributed by atoms with van der Waals surface area (Å²) in [5.41, 5.74) is 11.9. The molecule has 6 nitrogen and oxygen atoms in total. The van der Waals surface area contributed by atoms with Crippen LogP contribution in [0.15, 0.2) is 46.2 Å². The van der Waals surface area contributed by atoms with Crippen molar-refractivity contribution in [1.29, 1.82) is 0 Å². The fourth-order valence-electron chi connectivity index (χ4n) is 2.54. The molecule has 0 aliphatic carbocycles. The minimum atomic E-state index is -5.00. The Bertz CT molecular complexity index is 970. The first-order chi connectivity index (χ1) is 11.9. The van der Waals surface area contributed by atoms with E-state index in [-0.39, 0.29) is 11.4 Å². The van der Waals surface area contributed by atoms with Crippen LogP contribution in [0, 0.1) is 13.8 Å². The van der Waals surface area contributed by atoms with Crippen molar-refractivity contribution in [2.24, 2.45) is 0 Å². The molecular formula is C16H18F2N2O4S2. The zero-order chi connectivity index (χ0) is 19.9. The SMILES string of the molecule is Cc1ccc(S(=O)(=O)C(C(F)F)S(=O)(=O)c2ccc(C)cc2N)c(N)c1. The fraction of sp³-hybridized carbons (Fsp3) is 0.250. The molecule has 0 radical (unpaired) electrons. The van der Waals surface area contributed by atoms with Crippen LogP contribution in [0.2, 0.25) is 0 Å². The average Bonchev–Trinajstić information content (AvgIpc) is 2.44. The molecule has 26 heavy (non-hydrogen) atoms. The van der Waals surface area contributed by atoms with Gasteiger partial charge in [0.05, 0.1) is 21.2 Å². The number of aryl methyl sites for hydroxylation is 2. The van der Waals surface area contributed by atoms with E-state index in [4.69, 9.17) is 11.5 Å². The van der Waals surface area contributed by atoms with Crippen LogP contribution in [-0.4, -0.2) is 27.8 Å². The van der Waals surface area contributed by atoms with Crippen LogP contribution in [0.25, 0.3) is 0 Å². The third-order valence-electron chi connectivity index (χ3n) is 3.76. The van der Waals surface area contributed by atoms with Gasteiger partial charge in [-0.3, -0.25) is 0 Å². The Balaban J connectivity index is 2.72. The van der Waals surface area contributed by atoms with Crippen LogP contribution < -0.4 is 11.5 Å². The summed E-state index contributed by atoms with van der Waals surface area (Å²) in [6, 6.07) is 7.26. The molecule has 0 unspecified atom stereocenters. The molecule has 0 fully saturated rings. The monoisotopic (exact) mass is 404 g/mol. The molecule has 0 aliphatic heterocycles. The van der Waals surface area contributed by atoms with E-state index in [9.17, 15) is 25.6 Å². The highest BCUT2D eigenvalue weighted by molar-refractivity contribution is 8.09. The Morgan fingerprint density at radius 2 is 1.12 bits per heavy atom. The lowest BCUT2D eigenvalue weighted by Gasteiger charge is -2.20. The van der Waals surface area contributed by atoms with E-state index in [1.54, 1.807) is 13.8 Å². The molecule has 2 aromatic rings. The molecule has 0 aromatic heterocycles. The van der Waals surface area contributed by atoms with E-state index in [0.717, 1.165) is 12.1 Å². The number of rotatable bonds is 5. The van der Waals surface area contributed by atoms with Crippen molar-refractivity contribution in [3.8, 4) is 0 Å². The van der Waals surface area contributed by atoms with Crippen LogP contribution in [-0.2, 0) is 19.7 Å². The Morgan fingerprint density at radius 3 is 1.38 bits per heavy atom. The number of nitrogen functional groups attached to an aromatic ring is 2. The summed E-state index contributed by atoms with van der Waals surface area (Å²) in [5, 5.41) is 0. The molecule has 0 saturated heterocycles. The Hall–Kier alpha value is -2.20. The number of benzene rings is 2. The maximum Gasteiger partial charge on any atom is 0.270 e. The van der Waals surface area contributed by atoms with Crippen molar-refractivity contribution < 1.29 is 25.6 Å². The van der Waals surface area contributed by atoms with Crippen LogP contribution >= 0.6 is 0 Å². The van der Waals surface area contributed by atoms with Gasteiger partial charge in [0.15, 0.2) is 0 Å². The summed E-state index contributed by atoms with van der Waals surface area (Å²) < 4.78 is 75.2. The summed E-state index contributed by atoms with van der Waals surface area (Å²) in [5.74, 6) is 0. The van der Waals surface area contributed by atoms with Gasteiger partial charge in [0, 0.05) is 0 Å². The second-order valence-corrected chi connectivity index (χ2v) is 10.2. The molecular weight excluding hydrogens is 386 g/mol. The van der Waals surface area contributed by atoms with Crippen LogP contribution in [0.4, 0.5) is 20.2 Å². The van der Waals surface area contributed by atoms with E-state index >= 15 is 0 Å². The molecule has 0 saturated carbocycles. The van der Waals surface area contributed by atoms with E-state index in [0.29, 0.717) is 11.1 Å². The molecule has 0 heterocycles. The number of nitrogens with two attached hydrogens (primary N) is 2.